The Morgan fingerprint density at radius 2 is 1.36 bits per heavy atom. The molecule has 0 fully saturated rings. The monoisotopic (exact) mass is 150 g/mol. The second-order valence-electron chi connectivity index (χ2n) is 2.39. The molecule has 0 heterocycles. The number of allylic oxidation sites excluding steroid dienone is 6. The zero-order valence-electron chi connectivity index (χ0n) is 7.59. The average molecular weight is 150 g/mol. The maximum absolute atomic E-state index is 2.20. The Morgan fingerprint density at radius 3 is 1.91 bits per heavy atom. The largest absolute Gasteiger partial charge is 0.0914 e. The quantitative estimate of drug-likeness (QED) is 0.522. The first kappa shape index (κ1) is 10.2. The molecule has 0 aromatic rings. The molecular weight excluding hydrogens is 132 g/mol. The van der Waals surface area contributed by atoms with Gasteiger partial charge in [0, 0.05) is 0 Å². The molecule has 0 atom stereocenters. The minimum atomic E-state index is 1.07. The van der Waals surface area contributed by atoms with Gasteiger partial charge in [0.15, 0.2) is 0 Å². The molecule has 62 valence electrons. The molecule has 0 spiro atoms. The van der Waals surface area contributed by atoms with Crippen molar-refractivity contribution in [2.45, 2.75) is 33.1 Å². The van der Waals surface area contributed by atoms with E-state index in [4.69, 9.17) is 0 Å². The van der Waals surface area contributed by atoms with Crippen molar-refractivity contribution in [2.75, 3.05) is 0 Å². The maximum atomic E-state index is 2.20. The molecule has 0 nitrogen and oxygen atoms in total. The van der Waals surface area contributed by atoms with Crippen LogP contribution in [0, 0.1) is 0 Å². The number of hydrogen-bond acceptors (Lipinski definition) is 0. The molecule has 0 aromatic heterocycles. The van der Waals surface area contributed by atoms with Gasteiger partial charge >= 0.3 is 0 Å². The highest BCUT2D eigenvalue weighted by Crippen LogP contribution is 1.91. The first-order valence-electron chi connectivity index (χ1n) is 4.33. The molecule has 0 amide bonds. The molecule has 0 N–H and O–H groups in total. The van der Waals surface area contributed by atoms with E-state index < -0.39 is 0 Å². The van der Waals surface area contributed by atoms with E-state index in [2.05, 4.69) is 43.4 Å². The van der Waals surface area contributed by atoms with Crippen LogP contribution in [-0.2, 0) is 0 Å². The molecule has 0 saturated heterocycles. The van der Waals surface area contributed by atoms with Gasteiger partial charge in [0.05, 0.1) is 0 Å². The molecule has 0 aliphatic carbocycles. The van der Waals surface area contributed by atoms with Crippen LogP contribution in [0.1, 0.15) is 33.1 Å². The zero-order chi connectivity index (χ0) is 8.36. The molecule has 0 heteroatoms. The van der Waals surface area contributed by atoms with Crippen LogP contribution in [-0.4, -0.2) is 0 Å². The summed E-state index contributed by atoms with van der Waals surface area (Å²) in [7, 11) is 0. The molecule has 0 bridgehead atoms. The van der Waals surface area contributed by atoms with Crippen molar-refractivity contribution in [2.24, 2.45) is 0 Å². The fourth-order valence-electron chi connectivity index (χ4n) is 0.749. The molecule has 0 aromatic carbocycles. The molecule has 0 radical (unpaired) electrons. The van der Waals surface area contributed by atoms with Gasteiger partial charge in [0.2, 0.25) is 0 Å². The molecular formula is C11H18. The first-order valence-corrected chi connectivity index (χ1v) is 4.33. The summed E-state index contributed by atoms with van der Waals surface area (Å²) < 4.78 is 0. The van der Waals surface area contributed by atoms with Crippen LogP contribution >= 0.6 is 0 Å². The minimum absolute atomic E-state index is 1.07. The Bertz CT molecular complexity index is 138. The van der Waals surface area contributed by atoms with Gasteiger partial charge in [0.1, 0.15) is 0 Å². The van der Waals surface area contributed by atoms with Gasteiger partial charge in [0.25, 0.3) is 0 Å². The van der Waals surface area contributed by atoms with E-state index in [0.717, 1.165) is 19.3 Å². The minimum Gasteiger partial charge on any atom is -0.0914 e. The molecule has 11 heavy (non-hydrogen) atoms. The Balaban J connectivity index is 3.23. The summed E-state index contributed by atoms with van der Waals surface area (Å²) in [5.41, 5.74) is 0. The van der Waals surface area contributed by atoms with Gasteiger partial charge in [-0.2, -0.15) is 0 Å². The van der Waals surface area contributed by atoms with Crippen LogP contribution in [0.15, 0.2) is 36.5 Å². The van der Waals surface area contributed by atoms with Gasteiger partial charge < -0.3 is 0 Å². The molecule has 0 saturated carbocycles. The van der Waals surface area contributed by atoms with E-state index in [1.807, 2.05) is 6.92 Å². The standard InChI is InChI=1S/C11H18/c1-3-5-7-9-11-10-8-6-4-2/h3,5-6,8-9,11H,4,7,10H2,1-2H3. The van der Waals surface area contributed by atoms with Crippen molar-refractivity contribution in [3.05, 3.63) is 36.5 Å². The summed E-state index contributed by atoms with van der Waals surface area (Å²) in [4.78, 5) is 0. The Kier molecular flexibility index (Phi) is 8.57. The Labute approximate surface area is 70.3 Å². The second-order valence-corrected chi connectivity index (χ2v) is 2.39. The van der Waals surface area contributed by atoms with Crippen molar-refractivity contribution < 1.29 is 0 Å². The number of rotatable bonds is 5. The summed E-state index contributed by atoms with van der Waals surface area (Å²) in [6, 6.07) is 0. The van der Waals surface area contributed by atoms with Crippen molar-refractivity contribution in [1.82, 2.24) is 0 Å². The number of hydrogen-bond donors (Lipinski definition) is 0. The summed E-state index contributed by atoms with van der Waals surface area (Å²) in [5, 5.41) is 0. The van der Waals surface area contributed by atoms with Crippen LogP contribution in [0.25, 0.3) is 0 Å². The van der Waals surface area contributed by atoms with Crippen molar-refractivity contribution >= 4 is 0 Å². The predicted octanol–water partition coefficient (Wildman–Crippen LogP) is 3.87. The van der Waals surface area contributed by atoms with Crippen molar-refractivity contribution in [3.8, 4) is 0 Å². The van der Waals surface area contributed by atoms with Crippen LogP contribution < -0.4 is 0 Å². The van der Waals surface area contributed by atoms with Gasteiger partial charge in [-0.15, -0.1) is 0 Å². The first-order chi connectivity index (χ1) is 5.41. The van der Waals surface area contributed by atoms with Crippen molar-refractivity contribution in [3.63, 3.8) is 0 Å². The van der Waals surface area contributed by atoms with Gasteiger partial charge in [-0.3, -0.25) is 0 Å². The summed E-state index contributed by atoms with van der Waals surface area (Å²) in [6.45, 7) is 4.20. The van der Waals surface area contributed by atoms with E-state index >= 15 is 0 Å². The highest BCUT2D eigenvalue weighted by Gasteiger charge is 1.70. The molecule has 0 rings (SSSR count). The van der Waals surface area contributed by atoms with Crippen LogP contribution in [0.2, 0.25) is 0 Å². The van der Waals surface area contributed by atoms with Crippen LogP contribution in [0.5, 0.6) is 0 Å². The second kappa shape index (κ2) is 9.22. The lowest BCUT2D eigenvalue weighted by atomic mass is 10.3. The van der Waals surface area contributed by atoms with Gasteiger partial charge in [-0.25, -0.2) is 0 Å². The smallest absolute Gasteiger partial charge is 0.0169 e. The van der Waals surface area contributed by atoms with Crippen molar-refractivity contribution in [1.29, 1.82) is 0 Å². The highest BCUT2D eigenvalue weighted by molar-refractivity contribution is 4.96. The third-order valence-electron chi connectivity index (χ3n) is 1.35. The molecule has 0 aliphatic rings. The Hall–Kier alpha value is -0.780. The fraction of sp³-hybridized carbons (Fsp3) is 0.455. The fourth-order valence-corrected chi connectivity index (χ4v) is 0.749. The lowest BCUT2D eigenvalue weighted by molar-refractivity contribution is 1.19. The van der Waals surface area contributed by atoms with Crippen LogP contribution in [0.4, 0.5) is 0 Å². The van der Waals surface area contributed by atoms with E-state index in [0.29, 0.717) is 0 Å². The van der Waals surface area contributed by atoms with E-state index in [-0.39, 0.29) is 0 Å². The lowest BCUT2D eigenvalue weighted by Crippen LogP contribution is -1.60. The van der Waals surface area contributed by atoms with E-state index in [9.17, 15) is 0 Å². The van der Waals surface area contributed by atoms with E-state index in [1.165, 1.54) is 0 Å². The van der Waals surface area contributed by atoms with Gasteiger partial charge in [-0.05, 0) is 26.2 Å². The summed E-state index contributed by atoms with van der Waals surface area (Å²) in [6.07, 6.45) is 16.3. The Morgan fingerprint density at radius 1 is 0.818 bits per heavy atom. The SMILES string of the molecule is CC=CCC=CCC=CCC. The normalized spacial score (nSPS) is 12.5. The lowest BCUT2D eigenvalue weighted by Gasteiger charge is -1.81. The molecule has 0 aliphatic heterocycles. The predicted molar refractivity (Wildman–Crippen MR) is 52.6 cm³/mol. The van der Waals surface area contributed by atoms with E-state index in [1.54, 1.807) is 0 Å². The zero-order valence-corrected chi connectivity index (χ0v) is 7.59. The summed E-state index contributed by atoms with van der Waals surface area (Å²) in [5.74, 6) is 0. The highest BCUT2D eigenvalue weighted by atomic mass is 13.8. The molecule has 0 unspecified atom stereocenters. The van der Waals surface area contributed by atoms with Gasteiger partial charge in [-0.1, -0.05) is 43.4 Å². The third kappa shape index (κ3) is 9.22. The maximum Gasteiger partial charge on any atom is -0.0169 e. The topological polar surface area (TPSA) is 0 Å². The average Bonchev–Trinajstić information content (AvgIpc) is 2.03. The van der Waals surface area contributed by atoms with Crippen LogP contribution in [0.3, 0.4) is 0 Å². The summed E-state index contributed by atoms with van der Waals surface area (Å²) >= 11 is 0. The third-order valence-corrected chi connectivity index (χ3v) is 1.35.